The topological polar surface area (TPSA) is 3.24 Å². The second-order valence-corrected chi connectivity index (χ2v) is 19.6. The molecule has 3 aliphatic carbocycles. The monoisotopic (exact) mass is 843 g/mol. The minimum absolute atomic E-state index is 0.151. The fourth-order valence-electron chi connectivity index (χ4n) is 12.5. The van der Waals surface area contributed by atoms with Gasteiger partial charge in [-0.15, -0.1) is 0 Å². The maximum absolute atomic E-state index is 2.54. The molecule has 10 aromatic carbocycles. The molecule has 0 saturated carbocycles. The third-order valence-corrected chi connectivity index (χ3v) is 15.5. The first-order valence-electron chi connectivity index (χ1n) is 23.4. The summed E-state index contributed by atoms with van der Waals surface area (Å²) in [5.74, 6) is 0. The summed E-state index contributed by atoms with van der Waals surface area (Å²) >= 11 is 0. The zero-order valence-corrected chi connectivity index (χ0v) is 37.8. The summed E-state index contributed by atoms with van der Waals surface area (Å²) in [6, 6.07) is 84.7. The molecule has 0 heterocycles. The van der Waals surface area contributed by atoms with Gasteiger partial charge in [-0.25, -0.2) is 0 Å². The van der Waals surface area contributed by atoms with E-state index in [0.717, 1.165) is 17.1 Å². The van der Waals surface area contributed by atoms with Gasteiger partial charge in [-0.05, 0) is 142 Å². The summed E-state index contributed by atoms with van der Waals surface area (Å²) in [5.41, 5.74) is 23.5. The quantitative estimate of drug-likeness (QED) is 0.161. The predicted octanol–water partition coefficient (Wildman–Crippen LogP) is 17.0. The normalized spacial score (nSPS) is 15.0. The van der Waals surface area contributed by atoms with Crippen molar-refractivity contribution in [1.82, 2.24) is 0 Å². The van der Waals surface area contributed by atoms with Gasteiger partial charge in [0.15, 0.2) is 0 Å². The van der Waals surface area contributed by atoms with Crippen LogP contribution in [0.3, 0.4) is 0 Å². The highest BCUT2D eigenvalue weighted by Gasteiger charge is 2.48. The summed E-state index contributed by atoms with van der Waals surface area (Å²) in [5, 5.41) is 2.54. The van der Waals surface area contributed by atoms with E-state index in [2.05, 4.69) is 257 Å². The molecule has 0 amide bonds. The smallest absolute Gasteiger partial charge is 0.0720 e. The Morgan fingerprint density at radius 2 is 0.682 bits per heavy atom. The molecule has 0 fully saturated rings. The van der Waals surface area contributed by atoms with Crippen molar-refractivity contribution in [1.29, 1.82) is 0 Å². The molecule has 0 unspecified atom stereocenters. The molecular weight excluding hydrogens is 795 g/mol. The van der Waals surface area contributed by atoms with Crippen molar-refractivity contribution >= 4 is 27.8 Å². The maximum atomic E-state index is 2.54. The standard InChI is InChI=1S/C65H49N/c1-63(2)57-30-18-16-27-49(57)51-35-32-45(38-59(51)63)66(46-33-36-52-50-28-17-19-31-58(50)64(3,4)60(52)39-46)47-34-37-53-56-41-55(42-20-8-5-9-21-42)48-26-14-15-29-54(48)62(56)65(61(53)40-47,43-22-10-6-11-23-43)44-24-12-7-13-25-44/h5-41H,1-4H3. The second-order valence-electron chi connectivity index (χ2n) is 19.6. The van der Waals surface area contributed by atoms with Crippen molar-refractivity contribution in [2.75, 3.05) is 4.90 Å². The molecule has 0 saturated heterocycles. The Morgan fingerprint density at radius 1 is 0.288 bits per heavy atom. The van der Waals surface area contributed by atoms with Crippen molar-refractivity contribution in [3.05, 3.63) is 269 Å². The average Bonchev–Trinajstić information content (AvgIpc) is 3.89. The molecule has 0 radical (unpaired) electrons. The van der Waals surface area contributed by atoms with Crippen LogP contribution in [0, 0.1) is 0 Å². The predicted molar refractivity (Wildman–Crippen MR) is 276 cm³/mol. The van der Waals surface area contributed by atoms with Gasteiger partial charge >= 0.3 is 0 Å². The first kappa shape index (κ1) is 38.7. The lowest BCUT2D eigenvalue weighted by Gasteiger charge is -2.36. The Kier molecular flexibility index (Phi) is 8.28. The zero-order valence-electron chi connectivity index (χ0n) is 37.8. The van der Waals surface area contributed by atoms with E-state index in [-0.39, 0.29) is 10.8 Å². The zero-order chi connectivity index (χ0) is 44.4. The van der Waals surface area contributed by atoms with E-state index in [1.54, 1.807) is 0 Å². The Hall–Kier alpha value is -7.74. The first-order valence-corrected chi connectivity index (χ1v) is 23.4. The molecule has 0 aromatic heterocycles. The molecule has 0 aliphatic heterocycles. The molecular formula is C65H49N. The highest BCUT2D eigenvalue weighted by atomic mass is 15.1. The molecule has 13 rings (SSSR count). The Bertz CT molecular complexity index is 3430. The van der Waals surface area contributed by atoms with E-state index in [0.29, 0.717) is 0 Å². The van der Waals surface area contributed by atoms with Gasteiger partial charge in [-0.1, -0.05) is 210 Å². The lowest BCUT2D eigenvalue weighted by Crippen LogP contribution is -2.29. The molecule has 3 aliphatic rings. The van der Waals surface area contributed by atoms with Gasteiger partial charge in [0.05, 0.1) is 5.41 Å². The van der Waals surface area contributed by atoms with Gasteiger partial charge in [0.25, 0.3) is 0 Å². The van der Waals surface area contributed by atoms with Gasteiger partial charge < -0.3 is 4.90 Å². The molecule has 1 heteroatoms. The number of hydrogen-bond donors (Lipinski definition) is 0. The Morgan fingerprint density at radius 3 is 1.20 bits per heavy atom. The van der Waals surface area contributed by atoms with Crippen LogP contribution in [0.2, 0.25) is 0 Å². The maximum Gasteiger partial charge on any atom is 0.0720 e. The van der Waals surface area contributed by atoms with Gasteiger partial charge in [0, 0.05) is 27.9 Å². The van der Waals surface area contributed by atoms with Crippen LogP contribution in [0.1, 0.15) is 72.2 Å². The van der Waals surface area contributed by atoms with E-state index >= 15 is 0 Å². The van der Waals surface area contributed by atoms with Gasteiger partial charge in [-0.3, -0.25) is 0 Å². The number of benzene rings is 10. The van der Waals surface area contributed by atoms with Crippen LogP contribution in [-0.2, 0) is 16.2 Å². The van der Waals surface area contributed by atoms with E-state index in [1.807, 2.05) is 0 Å². The summed E-state index contributed by atoms with van der Waals surface area (Å²) in [4.78, 5) is 2.54. The minimum atomic E-state index is -0.618. The molecule has 66 heavy (non-hydrogen) atoms. The van der Waals surface area contributed by atoms with E-state index < -0.39 is 5.41 Å². The van der Waals surface area contributed by atoms with Crippen LogP contribution in [0.25, 0.3) is 55.3 Å². The fraction of sp³-hybridized carbons (Fsp3) is 0.108. The van der Waals surface area contributed by atoms with Crippen molar-refractivity contribution in [3.63, 3.8) is 0 Å². The highest BCUT2D eigenvalue weighted by molar-refractivity contribution is 6.08. The van der Waals surface area contributed by atoms with Crippen LogP contribution >= 0.6 is 0 Å². The van der Waals surface area contributed by atoms with Gasteiger partial charge in [-0.2, -0.15) is 0 Å². The third kappa shape index (κ3) is 5.29. The molecule has 0 bridgehead atoms. The Balaban J connectivity index is 1.11. The number of nitrogens with zero attached hydrogens (tertiary/aromatic N) is 1. The molecule has 0 N–H and O–H groups in total. The largest absolute Gasteiger partial charge is 0.310 e. The van der Waals surface area contributed by atoms with Crippen LogP contribution in [0.15, 0.2) is 224 Å². The van der Waals surface area contributed by atoms with Crippen molar-refractivity contribution in [2.45, 2.75) is 43.9 Å². The lowest BCUT2D eigenvalue weighted by molar-refractivity contribution is 0.660. The van der Waals surface area contributed by atoms with Crippen molar-refractivity contribution < 1.29 is 0 Å². The number of hydrogen-bond acceptors (Lipinski definition) is 1. The summed E-state index contributed by atoms with van der Waals surface area (Å²) in [7, 11) is 0. The lowest BCUT2D eigenvalue weighted by atomic mass is 9.66. The van der Waals surface area contributed by atoms with Crippen LogP contribution in [0.4, 0.5) is 17.1 Å². The minimum Gasteiger partial charge on any atom is -0.310 e. The first-order chi connectivity index (χ1) is 32.3. The summed E-state index contributed by atoms with van der Waals surface area (Å²) in [6.07, 6.45) is 0. The average molecular weight is 844 g/mol. The third-order valence-electron chi connectivity index (χ3n) is 15.5. The Labute approximate surface area is 388 Å². The molecule has 10 aromatic rings. The van der Waals surface area contributed by atoms with Crippen LogP contribution < -0.4 is 4.90 Å². The summed E-state index contributed by atoms with van der Waals surface area (Å²) in [6.45, 7) is 9.54. The van der Waals surface area contributed by atoms with Gasteiger partial charge in [0.2, 0.25) is 0 Å². The summed E-state index contributed by atoms with van der Waals surface area (Å²) < 4.78 is 0. The number of anilines is 3. The van der Waals surface area contributed by atoms with E-state index in [1.165, 1.54) is 99.8 Å². The number of rotatable bonds is 6. The van der Waals surface area contributed by atoms with E-state index in [4.69, 9.17) is 0 Å². The molecule has 1 nitrogen and oxygen atoms in total. The highest BCUT2D eigenvalue weighted by Crippen LogP contribution is 2.61. The molecule has 314 valence electrons. The molecule has 0 atom stereocenters. The molecule has 0 spiro atoms. The fourth-order valence-corrected chi connectivity index (χ4v) is 12.5. The van der Waals surface area contributed by atoms with E-state index in [9.17, 15) is 0 Å². The SMILES string of the molecule is CC1(C)c2ccccc2-c2ccc(N(c3ccc4c(c3)C(C)(C)c3ccccc3-4)c3ccc4c(c3)C(c3ccccc3)(c3ccccc3)c3c-4cc(-c4ccccc4)c4ccccc34)cc21. The van der Waals surface area contributed by atoms with Crippen LogP contribution in [0.5, 0.6) is 0 Å². The van der Waals surface area contributed by atoms with Gasteiger partial charge in [0.1, 0.15) is 0 Å². The van der Waals surface area contributed by atoms with Crippen molar-refractivity contribution in [2.24, 2.45) is 0 Å². The number of fused-ring (bicyclic) bond motifs is 11. The van der Waals surface area contributed by atoms with Crippen LogP contribution in [-0.4, -0.2) is 0 Å². The van der Waals surface area contributed by atoms with Crippen molar-refractivity contribution in [3.8, 4) is 44.5 Å². The second kappa shape index (κ2) is 14.1.